The van der Waals surface area contributed by atoms with Gasteiger partial charge in [-0.1, -0.05) is 12.1 Å². The first-order valence-electron chi connectivity index (χ1n) is 8.53. The minimum absolute atomic E-state index is 0.335. The van der Waals surface area contributed by atoms with Crippen molar-refractivity contribution in [1.29, 1.82) is 0 Å². The second kappa shape index (κ2) is 9.28. The Morgan fingerprint density at radius 2 is 1.76 bits per heavy atom. The first-order chi connectivity index (χ1) is 15.4. The summed E-state index contributed by atoms with van der Waals surface area (Å²) in [6, 6.07) is 4.88. The lowest BCUT2D eigenvalue weighted by Gasteiger charge is -2.16. The molecule has 0 aliphatic rings. The van der Waals surface area contributed by atoms with Gasteiger partial charge in [0.15, 0.2) is 17.5 Å². The van der Waals surface area contributed by atoms with Crippen LogP contribution in [0, 0.1) is 22.4 Å². The van der Waals surface area contributed by atoms with E-state index in [9.17, 15) is 40.8 Å². The van der Waals surface area contributed by atoms with E-state index in [1.54, 1.807) is 14.6 Å². The van der Waals surface area contributed by atoms with Crippen molar-refractivity contribution < 1.29 is 40.7 Å². The first kappa shape index (κ1) is 24.3. The largest absolute Gasteiger partial charge is 0.573 e. The van der Waals surface area contributed by atoms with E-state index in [2.05, 4.69) is 9.91 Å². The quantitative estimate of drug-likeness (QED) is 0.218. The molecule has 33 heavy (non-hydrogen) atoms. The molecular weight excluding hydrogens is 497 g/mol. The zero-order valence-corrected chi connectivity index (χ0v) is 17.8. The molecule has 0 fully saturated rings. The predicted octanol–water partition coefficient (Wildman–Crippen LogP) is 5.39. The molecule has 1 aromatic heterocycles. The Morgan fingerprint density at radius 3 is 2.39 bits per heavy atom. The van der Waals surface area contributed by atoms with Crippen molar-refractivity contribution in [3.8, 4) is 16.9 Å². The van der Waals surface area contributed by atoms with Crippen LogP contribution >= 0.6 is 20.6 Å². The van der Waals surface area contributed by atoms with Crippen LogP contribution < -0.4 is 15.4 Å². The molecule has 0 aliphatic carbocycles. The van der Waals surface area contributed by atoms with Gasteiger partial charge in [-0.3, -0.25) is 9.59 Å². The number of nitroso groups, excluding NO2 is 1. The van der Waals surface area contributed by atoms with Gasteiger partial charge in [0.1, 0.15) is 16.3 Å². The molecule has 1 N–H and O–H groups in total. The van der Waals surface area contributed by atoms with Crippen LogP contribution in [0.2, 0.25) is 0 Å². The zero-order chi connectivity index (χ0) is 24.5. The summed E-state index contributed by atoms with van der Waals surface area (Å²) in [6.07, 6.45) is -5.05. The second-order valence-corrected chi connectivity index (χ2v) is 7.69. The number of rotatable bonds is 5. The third-order valence-corrected chi connectivity index (χ3v) is 5.58. The number of amides is 2. The summed E-state index contributed by atoms with van der Waals surface area (Å²) in [5, 5.41) is 4.61. The van der Waals surface area contributed by atoms with Crippen LogP contribution in [0.3, 0.4) is 0 Å². The molecule has 1 atom stereocenters. The summed E-state index contributed by atoms with van der Waals surface area (Å²) >= 11 is 0.679. The van der Waals surface area contributed by atoms with Crippen LogP contribution in [0.4, 0.5) is 32.0 Å². The topological polar surface area (TPSA) is 84.8 Å². The highest BCUT2D eigenvalue weighted by atomic mass is 32.1. The molecule has 6 nitrogen and oxygen atoms in total. The Morgan fingerprint density at radius 1 is 1.06 bits per heavy atom. The van der Waals surface area contributed by atoms with Gasteiger partial charge >= 0.3 is 12.3 Å². The van der Waals surface area contributed by atoms with E-state index >= 15 is 0 Å². The molecule has 0 radical (unpaired) electrons. The zero-order valence-electron chi connectivity index (χ0n) is 15.8. The van der Waals surface area contributed by atoms with Crippen molar-refractivity contribution in [2.45, 2.75) is 6.36 Å². The van der Waals surface area contributed by atoms with Crippen molar-refractivity contribution >= 4 is 43.4 Å². The second-order valence-electron chi connectivity index (χ2n) is 6.20. The third-order valence-electron chi connectivity index (χ3n) is 4.14. The van der Waals surface area contributed by atoms with Gasteiger partial charge in [-0.15, -0.1) is 38.7 Å². The number of thiophene rings is 1. The first-order valence-corrected chi connectivity index (χ1v) is 9.99. The fourth-order valence-corrected chi connectivity index (χ4v) is 4.00. The van der Waals surface area contributed by atoms with Gasteiger partial charge in [0.05, 0.1) is 5.56 Å². The molecule has 172 valence electrons. The molecule has 2 aromatic carbocycles. The number of carbonyl (C=O) groups is 2. The number of hydrogen-bond donors (Lipinski definition) is 1. The molecule has 0 spiro atoms. The molecule has 0 saturated heterocycles. The minimum atomic E-state index is -5.05. The Hall–Kier alpha value is -3.31. The average molecular weight is 506 g/mol. The van der Waals surface area contributed by atoms with E-state index in [-0.39, 0.29) is 5.56 Å². The molecule has 0 bridgehead atoms. The Kier molecular flexibility index (Phi) is 6.84. The number of hydrogen-bond acceptors (Lipinski definition) is 5. The van der Waals surface area contributed by atoms with Crippen molar-refractivity contribution in [3.63, 3.8) is 0 Å². The molecule has 3 aromatic rings. The summed E-state index contributed by atoms with van der Waals surface area (Å²) < 4.78 is 85.5. The third kappa shape index (κ3) is 5.04. The number of anilines is 1. The highest BCUT2D eigenvalue weighted by Gasteiger charge is 2.32. The standard InChI is InChI=1S/C19H9F6N2O4PS/c20-11-10(7-2-1-3-8(6-7)31-19(23,24)25)15(32)13(22)14(12(11)21)26-17(28)9-4-5-33-16(9)18(29)27-30/h1-6H,32H2,(H,26,28). The van der Waals surface area contributed by atoms with Gasteiger partial charge in [0, 0.05) is 16.0 Å². The van der Waals surface area contributed by atoms with E-state index in [1.807, 2.05) is 0 Å². The molecule has 3 rings (SSSR count). The van der Waals surface area contributed by atoms with Gasteiger partial charge in [-0.25, -0.2) is 13.2 Å². The number of nitrogens with one attached hydrogen (secondary N) is 1. The van der Waals surface area contributed by atoms with Crippen molar-refractivity contribution in [3.05, 3.63) is 68.5 Å². The summed E-state index contributed by atoms with van der Waals surface area (Å²) in [4.78, 5) is 33.9. The molecule has 1 unspecified atom stereocenters. The van der Waals surface area contributed by atoms with E-state index in [1.165, 1.54) is 5.38 Å². The van der Waals surface area contributed by atoms with Gasteiger partial charge in [-0.2, -0.15) is 0 Å². The van der Waals surface area contributed by atoms with Gasteiger partial charge < -0.3 is 10.1 Å². The molecule has 1 heterocycles. The van der Waals surface area contributed by atoms with Crippen LogP contribution in [0.15, 0.2) is 40.9 Å². The smallest absolute Gasteiger partial charge is 0.406 e. The summed E-state index contributed by atoms with van der Waals surface area (Å²) in [5.41, 5.74) is -2.69. The number of halogens is 6. The van der Waals surface area contributed by atoms with Gasteiger partial charge in [-0.05, 0) is 29.1 Å². The van der Waals surface area contributed by atoms with E-state index in [0.29, 0.717) is 11.3 Å². The average Bonchev–Trinajstić information content (AvgIpc) is 3.24. The minimum Gasteiger partial charge on any atom is -0.406 e. The van der Waals surface area contributed by atoms with E-state index in [4.69, 9.17) is 0 Å². The number of alkyl halides is 3. The number of benzene rings is 2. The lowest BCUT2D eigenvalue weighted by molar-refractivity contribution is -0.274. The molecule has 0 saturated carbocycles. The highest BCUT2D eigenvalue weighted by Crippen LogP contribution is 2.34. The SMILES string of the molecule is O=NC(=O)c1sccc1C(=O)Nc1c(F)c(F)c(-c2cccc(OC(F)(F)F)c2)c(P)c1F. The Balaban J connectivity index is 2.03. The number of nitrogens with zero attached hydrogens (tertiary/aromatic N) is 1. The maximum absolute atomic E-state index is 14.9. The van der Waals surface area contributed by atoms with Crippen molar-refractivity contribution in [1.82, 2.24) is 0 Å². The predicted molar refractivity (Wildman–Crippen MR) is 110 cm³/mol. The molecule has 14 heteroatoms. The van der Waals surface area contributed by atoms with Crippen LogP contribution in [-0.4, -0.2) is 18.2 Å². The summed E-state index contributed by atoms with van der Waals surface area (Å²) in [7, 11) is 1.78. The maximum Gasteiger partial charge on any atom is 0.573 e. The highest BCUT2D eigenvalue weighted by molar-refractivity contribution is 7.28. The Labute approximate surface area is 186 Å². The Bertz CT molecular complexity index is 1250. The summed E-state index contributed by atoms with van der Waals surface area (Å²) in [6.45, 7) is 0. The summed E-state index contributed by atoms with van der Waals surface area (Å²) in [5.74, 6) is -8.22. The lowest BCUT2D eigenvalue weighted by atomic mass is 10.0. The van der Waals surface area contributed by atoms with Crippen LogP contribution in [-0.2, 0) is 0 Å². The lowest BCUT2D eigenvalue weighted by Crippen LogP contribution is -2.20. The fourth-order valence-electron chi connectivity index (χ4n) is 2.80. The molecule has 2 amide bonds. The number of ether oxygens (including phenoxy) is 1. The maximum atomic E-state index is 14.9. The van der Waals surface area contributed by atoms with Crippen molar-refractivity contribution in [2.75, 3.05) is 5.32 Å². The van der Waals surface area contributed by atoms with E-state index < -0.39 is 68.4 Å². The van der Waals surface area contributed by atoms with Crippen LogP contribution in [0.1, 0.15) is 20.0 Å². The molecular formula is C19H9F6N2O4PS. The fraction of sp³-hybridized carbons (Fsp3) is 0.0526. The van der Waals surface area contributed by atoms with Crippen LogP contribution in [0.5, 0.6) is 5.75 Å². The van der Waals surface area contributed by atoms with Gasteiger partial charge in [0.2, 0.25) is 0 Å². The van der Waals surface area contributed by atoms with Crippen molar-refractivity contribution in [2.24, 2.45) is 5.18 Å². The normalized spacial score (nSPS) is 11.2. The number of carbonyl (C=O) groups excluding carboxylic acids is 2. The van der Waals surface area contributed by atoms with E-state index in [0.717, 1.165) is 30.3 Å². The van der Waals surface area contributed by atoms with Crippen LogP contribution in [0.25, 0.3) is 11.1 Å². The van der Waals surface area contributed by atoms with Gasteiger partial charge in [0.25, 0.3) is 5.91 Å². The monoisotopic (exact) mass is 506 g/mol. The molecule has 0 aliphatic heterocycles.